The van der Waals surface area contributed by atoms with Gasteiger partial charge in [0.15, 0.2) is 11.5 Å². The number of hydrogen-bond donors (Lipinski definition) is 3. The van der Waals surface area contributed by atoms with Gasteiger partial charge in [-0.2, -0.15) is 0 Å². The summed E-state index contributed by atoms with van der Waals surface area (Å²) in [7, 11) is 1.65. The molecule has 0 bridgehead atoms. The predicted molar refractivity (Wildman–Crippen MR) is 68.8 cm³/mol. The maximum absolute atomic E-state index is 9.31. The van der Waals surface area contributed by atoms with Crippen LogP contribution >= 0.6 is 0 Å². The van der Waals surface area contributed by atoms with E-state index in [4.69, 9.17) is 14.6 Å². The molecule has 0 saturated heterocycles. The summed E-state index contributed by atoms with van der Waals surface area (Å²) < 4.78 is 10.2. The fourth-order valence-electron chi connectivity index (χ4n) is 1.46. The SMILES string of the molecule is COCCOCCCNCc1ccc(O)c(O)c1. The molecule has 1 aromatic carbocycles. The lowest BCUT2D eigenvalue weighted by Crippen LogP contribution is -2.16. The van der Waals surface area contributed by atoms with Gasteiger partial charge in [0.25, 0.3) is 0 Å². The predicted octanol–water partition coefficient (Wildman–Crippen LogP) is 1.24. The van der Waals surface area contributed by atoms with Gasteiger partial charge < -0.3 is 25.0 Å². The van der Waals surface area contributed by atoms with Crippen molar-refractivity contribution < 1.29 is 19.7 Å². The van der Waals surface area contributed by atoms with Crippen LogP contribution < -0.4 is 5.32 Å². The maximum atomic E-state index is 9.31. The van der Waals surface area contributed by atoms with Crippen LogP contribution in [0.2, 0.25) is 0 Å². The summed E-state index contributed by atoms with van der Waals surface area (Å²) in [6.45, 7) is 3.46. The van der Waals surface area contributed by atoms with Crippen LogP contribution in [0.25, 0.3) is 0 Å². The Morgan fingerprint density at radius 3 is 2.67 bits per heavy atom. The lowest BCUT2D eigenvalue weighted by molar-refractivity contribution is 0.0695. The van der Waals surface area contributed by atoms with Gasteiger partial charge in [0.2, 0.25) is 0 Å². The minimum Gasteiger partial charge on any atom is -0.504 e. The average Bonchev–Trinajstić information content (AvgIpc) is 2.37. The molecule has 0 heterocycles. The molecule has 0 atom stereocenters. The van der Waals surface area contributed by atoms with Gasteiger partial charge >= 0.3 is 0 Å². The molecule has 0 aliphatic rings. The zero-order chi connectivity index (χ0) is 13.2. The van der Waals surface area contributed by atoms with E-state index in [2.05, 4.69) is 5.32 Å². The van der Waals surface area contributed by atoms with Gasteiger partial charge in [0.05, 0.1) is 13.2 Å². The number of ether oxygens (including phenoxy) is 2. The van der Waals surface area contributed by atoms with Crippen LogP contribution in [0.5, 0.6) is 11.5 Å². The molecule has 0 aliphatic carbocycles. The molecule has 0 spiro atoms. The Morgan fingerprint density at radius 1 is 1.11 bits per heavy atom. The quantitative estimate of drug-likeness (QED) is 0.457. The number of methoxy groups -OCH3 is 1. The van der Waals surface area contributed by atoms with Crippen molar-refractivity contribution in [3.63, 3.8) is 0 Å². The highest BCUT2D eigenvalue weighted by Gasteiger charge is 1.99. The van der Waals surface area contributed by atoms with E-state index in [1.165, 1.54) is 6.07 Å². The molecule has 1 rings (SSSR count). The zero-order valence-electron chi connectivity index (χ0n) is 10.7. The molecule has 0 radical (unpaired) electrons. The topological polar surface area (TPSA) is 71.0 Å². The summed E-state index contributed by atoms with van der Waals surface area (Å²) in [6, 6.07) is 4.81. The third-order valence-electron chi connectivity index (χ3n) is 2.44. The molecule has 0 fully saturated rings. The summed E-state index contributed by atoms with van der Waals surface area (Å²) in [4.78, 5) is 0. The Bertz CT molecular complexity index is 344. The highest BCUT2D eigenvalue weighted by atomic mass is 16.5. The first-order valence-electron chi connectivity index (χ1n) is 6.02. The Kier molecular flexibility index (Phi) is 7.17. The number of nitrogens with one attached hydrogen (secondary N) is 1. The van der Waals surface area contributed by atoms with Crippen LogP contribution in [-0.4, -0.2) is 43.7 Å². The van der Waals surface area contributed by atoms with Crippen molar-refractivity contribution in [2.45, 2.75) is 13.0 Å². The van der Waals surface area contributed by atoms with Crippen molar-refractivity contribution >= 4 is 0 Å². The number of benzene rings is 1. The molecule has 0 saturated carbocycles. The maximum Gasteiger partial charge on any atom is 0.157 e. The molecule has 0 unspecified atom stereocenters. The first-order chi connectivity index (χ1) is 8.74. The molecule has 102 valence electrons. The molecule has 0 amide bonds. The van der Waals surface area contributed by atoms with Crippen LogP contribution in [0.15, 0.2) is 18.2 Å². The number of rotatable bonds is 9. The second kappa shape index (κ2) is 8.74. The minimum atomic E-state index is -0.0923. The van der Waals surface area contributed by atoms with Crippen LogP contribution in [0.1, 0.15) is 12.0 Å². The summed E-state index contributed by atoms with van der Waals surface area (Å²) in [5.41, 5.74) is 0.936. The molecular formula is C13H21NO4. The van der Waals surface area contributed by atoms with Crippen molar-refractivity contribution in [2.24, 2.45) is 0 Å². The third-order valence-corrected chi connectivity index (χ3v) is 2.44. The number of phenolic OH excluding ortho intramolecular Hbond substituents is 2. The van der Waals surface area contributed by atoms with E-state index in [1.807, 2.05) is 0 Å². The first-order valence-corrected chi connectivity index (χ1v) is 6.02. The lowest BCUT2D eigenvalue weighted by atomic mass is 10.2. The zero-order valence-corrected chi connectivity index (χ0v) is 10.7. The lowest BCUT2D eigenvalue weighted by Gasteiger charge is -2.07. The van der Waals surface area contributed by atoms with Gasteiger partial charge in [-0.3, -0.25) is 0 Å². The normalized spacial score (nSPS) is 10.7. The minimum absolute atomic E-state index is 0.0859. The Morgan fingerprint density at radius 2 is 1.94 bits per heavy atom. The third kappa shape index (κ3) is 5.86. The number of phenols is 2. The fraction of sp³-hybridized carbons (Fsp3) is 0.538. The molecular weight excluding hydrogens is 234 g/mol. The summed E-state index contributed by atoms with van der Waals surface area (Å²) >= 11 is 0. The van der Waals surface area contributed by atoms with Gasteiger partial charge in [0, 0.05) is 20.3 Å². The molecule has 3 N–H and O–H groups in total. The fourth-order valence-corrected chi connectivity index (χ4v) is 1.46. The van der Waals surface area contributed by atoms with Crippen molar-refractivity contribution in [3.8, 4) is 11.5 Å². The van der Waals surface area contributed by atoms with Crippen LogP contribution in [-0.2, 0) is 16.0 Å². The molecule has 0 aliphatic heterocycles. The van der Waals surface area contributed by atoms with Crippen LogP contribution in [0.4, 0.5) is 0 Å². The van der Waals surface area contributed by atoms with Crippen molar-refractivity contribution in [1.29, 1.82) is 0 Å². The average molecular weight is 255 g/mol. The number of hydrogen-bond acceptors (Lipinski definition) is 5. The molecule has 5 nitrogen and oxygen atoms in total. The summed E-state index contributed by atoms with van der Waals surface area (Å²) in [5, 5.41) is 21.7. The first kappa shape index (κ1) is 14.8. The van der Waals surface area contributed by atoms with Crippen molar-refractivity contribution in [1.82, 2.24) is 5.32 Å². The molecule has 18 heavy (non-hydrogen) atoms. The molecule has 0 aromatic heterocycles. The van der Waals surface area contributed by atoms with Crippen LogP contribution in [0, 0.1) is 0 Å². The van der Waals surface area contributed by atoms with E-state index in [0.717, 1.165) is 18.5 Å². The van der Waals surface area contributed by atoms with E-state index < -0.39 is 0 Å². The monoisotopic (exact) mass is 255 g/mol. The number of aromatic hydroxyl groups is 2. The summed E-state index contributed by atoms with van der Waals surface area (Å²) in [6.07, 6.45) is 0.924. The summed E-state index contributed by atoms with van der Waals surface area (Å²) in [5.74, 6) is -0.178. The molecule has 5 heteroatoms. The molecule has 1 aromatic rings. The van der Waals surface area contributed by atoms with E-state index in [0.29, 0.717) is 26.4 Å². The van der Waals surface area contributed by atoms with Crippen molar-refractivity contribution in [3.05, 3.63) is 23.8 Å². The smallest absolute Gasteiger partial charge is 0.157 e. The highest BCUT2D eigenvalue weighted by molar-refractivity contribution is 5.40. The van der Waals surface area contributed by atoms with Gasteiger partial charge in [-0.05, 0) is 30.7 Å². The van der Waals surface area contributed by atoms with E-state index in [1.54, 1.807) is 19.2 Å². The van der Waals surface area contributed by atoms with Gasteiger partial charge in [-0.25, -0.2) is 0 Å². The highest BCUT2D eigenvalue weighted by Crippen LogP contribution is 2.24. The van der Waals surface area contributed by atoms with Gasteiger partial charge in [0.1, 0.15) is 0 Å². The second-order valence-electron chi connectivity index (χ2n) is 3.96. The van der Waals surface area contributed by atoms with Gasteiger partial charge in [-0.1, -0.05) is 6.07 Å². The van der Waals surface area contributed by atoms with Gasteiger partial charge in [-0.15, -0.1) is 0 Å². The van der Waals surface area contributed by atoms with E-state index in [-0.39, 0.29) is 11.5 Å². The standard InChI is InChI=1S/C13H21NO4/c1-17-7-8-18-6-2-5-14-10-11-3-4-12(15)13(16)9-11/h3-4,9,14-16H,2,5-8,10H2,1H3. The Balaban J connectivity index is 2.05. The Hall–Kier alpha value is -1.30. The second-order valence-corrected chi connectivity index (χ2v) is 3.96. The van der Waals surface area contributed by atoms with E-state index in [9.17, 15) is 5.11 Å². The van der Waals surface area contributed by atoms with Crippen molar-refractivity contribution in [2.75, 3.05) is 33.5 Å². The Labute approximate surface area is 107 Å². The van der Waals surface area contributed by atoms with Crippen LogP contribution in [0.3, 0.4) is 0 Å². The van der Waals surface area contributed by atoms with E-state index >= 15 is 0 Å². The largest absolute Gasteiger partial charge is 0.504 e.